The van der Waals surface area contributed by atoms with E-state index in [0.29, 0.717) is 5.25 Å². The van der Waals surface area contributed by atoms with Gasteiger partial charge in [0.15, 0.2) is 0 Å². The van der Waals surface area contributed by atoms with Gasteiger partial charge >= 0.3 is 0 Å². The number of thioether (sulfide) groups is 1. The van der Waals surface area contributed by atoms with Crippen molar-refractivity contribution in [3.8, 4) is 0 Å². The minimum Gasteiger partial charge on any atom is -0.468 e. The van der Waals surface area contributed by atoms with Crippen LogP contribution in [0.4, 0.5) is 0 Å². The fourth-order valence-electron chi connectivity index (χ4n) is 2.39. The highest BCUT2D eigenvalue weighted by Crippen LogP contribution is 2.27. The van der Waals surface area contributed by atoms with Crippen LogP contribution < -0.4 is 5.32 Å². The SMILES string of the molecule is Cc1occc1SC(C)CNC1CCCCC1. The Hall–Kier alpha value is -0.410. The van der Waals surface area contributed by atoms with Crippen molar-refractivity contribution < 1.29 is 4.42 Å². The highest BCUT2D eigenvalue weighted by molar-refractivity contribution is 8.00. The predicted octanol–water partition coefficient (Wildman–Crippen LogP) is 3.99. The molecule has 0 radical (unpaired) electrons. The zero-order valence-corrected chi connectivity index (χ0v) is 11.7. The fourth-order valence-corrected chi connectivity index (χ4v) is 3.35. The molecule has 96 valence electrons. The maximum atomic E-state index is 5.32. The number of rotatable bonds is 5. The maximum absolute atomic E-state index is 5.32. The largest absolute Gasteiger partial charge is 0.468 e. The number of hydrogen-bond acceptors (Lipinski definition) is 3. The molecule has 0 amide bonds. The van der Waals surface area contributed by atoms with Crippen LogP contribution in [0.25, 0.3) is 0 Å². The Balaban J connectivity index is 1.70. The van der Waals surface area contributed by atoms with Crippen molar-refractivity contribution in [1.29, 1.82) is 0 Å². The van der Waals surface area contributed by atoms with Crippen molar-refractivity contribution in [2.75, 3.05) is 6.54 Å². The lowest BCUT2D eigenvalue weighted by Crippen LogP contribution is -2.35. The molecule has 2 rings (SSSR count). The van der Waals surface area contributed by atoms with Crippen molar-refractivity contribution in [3.05, 3.63) is 18.1 Å². The van der Waals surface area contributed by atoms with Gasteiger partial charge in [-0.15, -0.1) is 11.8 Å². The molecule has 2 nitrogen and oxygen atoms in total. The van der Waals surface area contributed by atoms with Gasteiger partial charge in [-0.1, -0.05) is 26.2 Å². The molecule has 1 aromatic heterocycles. The molecule has 1 N–H and O–H groups in total. The van der Waals surface area contributed by atoms with Gasteiger partial charge in [-0.3, -0.25) is 0 Å². The van der Waals surface area contributed by atoms with Gasteiger partial charge in [0.05, 0.1) is 6.26 Å². The summed E-state index contributed by atoms with van der Waals surface area (Å²) in [5, 5.41) is 4.31. The fraction of sp³-hybridized carbons (Fsp3) is 0.714. The van der Waals surface area contributed by atoms with Crippen LogP contribution in [-0.2, 0) is 0 Å². The highest BCUT2D eigenvalue weighted by atomic mass is 32.2. The number of nitrogens with one attached hydrogen (secondary N) is 1. The molecule has 3 heteroatoms. The van der Waals surface area contributed by atoms with E-state index in [0.717, 1.165) is 18.3 Å². The normalized spacial score (nSPS) is 19.4. The lowest BCUT2D eigenvalue weighted by Gasteiger charge is -2.24. The molecular formula is C14H23NOS. The van der Waals surface area contributed by atoms with Gasteiger partial charge in [0, 0.05) is 22.7 Å². The van der Waals surface area contributed by atoms with Gasteiger partial charge in [0.25, 0.3) is 0 Å². The molecule has 0 aliphatic heterocycles. The lowest BCUT2D eigenvalue weighted by atomic mass is 9.95. The second-order valence-corrected chi connectivity index (χ2v) is 6.49. The van der Waals surface area contributed by atoms with Crippen molar-refractivity contribution >= 4 is 11.8 Å². The predicted molar refractivity (Wildman–Crippen MR) is 73.6 cm³/mol. The number of furan rings is 1. The van der Waals surface area contributed by atoms with Crippen LogP contribution in [0.15, 0.2) is 21.6 Å². The first-order valence-corrected chi connectivity index (χ1v) is 7.58. The molecule has 1 aromatic rings. The second kappa shape index (κ2) is 6.50. The van der Waals surface area contributed by atoms with Crippen molar-refractivity contribution in [1.82, 2.24) is 5.32 Å². The third-order valence-electron chi connectivity index (χ3n) is 3.44. The van der Waals surface area contributed by atoms with Crippen molar-refractivity contribution in [3.63, 3.8) is 0 Å². The Bertz CT molecular complexity index is 331. The number of aryl methyl sites for hydroxylation is 1. The molecule has 1 saturated carbocycles. The summed E-state index contributed by atoms with van der Waals surface area (Å²) in [7, 11) is 0. The molecular weight excluding hydrogens is 230 g/mol. The molecule has 17 heavy (non-hydrogen) atoms. The summed E-state index contributed by atoms with van der Waals surface area (Å²) in [5.74, 6) is 1.04. The van der Waals surface area contributed by atoms with E-state index in [2.05, 4.69) is 18.3 Å². The summed E-state index contributed by atoms with van der Waals surface area (Å²) in [6.45, 7) is 5.41. The minimum absolute atomic E-state index is 0.605. The molecule has 0 bridgehead atoms. The molecule has 0 spiro atoms. The van der Waals surface area contributed by atoms with Gasteiger partial charge in [0.1, 0.15) is 5.76 Å². The quantitative estimate of drug-likeness (QED) is 0.803. The lowest BCUT2D eigenvalue weighted by molar-refractivity contribution is 0.375. The van der Waals surface area contributed by atoms with Gasteiger partial charge in [-0.05, 0) is 25.8 Å². The first kappa shape index (κ1) is 13.0. The Morgan fingerprint density at radius 1 is 1.41 bits per heavy atom. The van der Waals surface area contributed by atoms with Crippen molar-refractivity contribution in [2.45, 2.75) is 62.1 Å². The van der Waals surface area contributed by atoms with Crippen LogP contribution in [0, 0.1) is 6.92 Å². The number of hydrogen-bond donors (Lipinski definition) is 1. The second-order valence-electron chi connectivity index (χ2n) is 5.01. The van der Waals surface area contributed by atoms with E-state index in [4.69, 9.17) is 4.42 Å². The van der Waals surface area contributed by atoms with Crippen LogP contribution in [0.5, 0.6) is 0 Å². The van der Waals surface area contributed by atoms with E-state index in [-0.39, 0.29) is 0 Å². The first-order chi connectivity index (χ1) is 8.25. The minimum atomic E-state index is 0.605. The molecule has 0 aromatic carbocycles. The van der Waals surface area contributed by atoms with Crippen LogP contribution in [0.1, 0.15) is 44.8 Å². The standard InChI is InChI=1S/C14H23NOS/c1-11(17-14-8-9-16-12(14)2)10-15-13-6-4-3-5-7-13/h8-9,11,13,15H,3-7,10H2,1-2H3. The zero-order valence-electron chi connectivity index (χ0n) is 10.9. The summed E-state index contributed by atoms with van der Waals surface area (Å²) in [6.07, 6.45) is 8.74. The van der Waals surface area contributed by atoms with Gasteiger partial charge in [0.2, 0.25) is 0 Å². The Labute approximate surface area is 109 Å². The van der Waals surface area contributed by atoms with Gasteiger partial charge in [-0.25, -0.2) is 0 Å². The van der Waals surface area contributed by atoms with Crippen LogP contribution in [0.3, 0.4) is 0 Å². The van der Waals surface area contributed by atoms with E-state index in [9.17, 15) is 0 Å². The third-order valence-corrected chi connectivity index (χ3v) is 4.69. The molecule has 1 aliphatic carbocycles. The van der Waals surface area contributed by atoms with E-state index in [1.165, 1.54) is 37.0 Å². The summed E-state index contributed by atoms with van der Waals surface area (Å²) in [6, 6.07) is 2.83. The first-order valence-electron chi connectivity index (χ1n) is 6.70. The van der Waals surface area contributed by atoms with E-state index in [1.807, 2.05) is 18.7 Å². The van der Waals surface area contributed by atoms with Gasteiger partial charge < -0.3 is 9.73 Å². The zero-order chi connectivity index (χ0) is 12.1. The Morgan fingerprint density at radius 2 is 2.18 bits per heavy atom. The van der Waals surface area contributed by atoms with E-state index in [1.54, 1.807) is 6.26 Å². The maximum Gasteiger partial charge on any atom is 0.114 e. The van der Waals surface area contributed by atoms with E-state index >= 15 is 0 Å². The summed E-state index contributed by atoms with van der Waals surface area (Å²) < 4.78 is 5.32. The summed E-state index contributed by atoms with van der Waals surface area (Å²) in [5.41, 5.74) is 0. The highest BCUT2D eigenvalue weighted by Gasteiger charge is 2.14. The molecule has 1 aliphatic rings. The van der Waals surface area contributed by atoms with Crippen LogP contribution in [-0.4, -0.2) is 17.8 Å². The van der Waals surface area contributed by atoms with Crippen LogP contribution >= 0.6 is 11.8 Å². The molecule has 1 atom stereocenters. The Morgan fingerprint density at radius 3 is 2.82 bits per heavy atom. The molecule has 1 fully saturated rings. The third kappa shape index (κ3) is 4.07. The average molecular weight is 253 g/mol. The summed E-state index contributed by atoms with van der Waals surface area (Å²) in [4.78, 5) is 1.28. The monoisotopic (exact) mass is 253 g/mol. The molecule has 0 saturated heterocycles. The van der Waals surface area contributed by atoms with Crippen molar-refractivity contribution in [2.24, 2.45) is 0 Å². The molecule has 1 unspecified atom stereocenters. The van der Waals surface area contributed by atoms with Gasteiger partial charge in [-0.2, -0.15) is 0 Å². The van der Waals surface area contributed by atoms with E-state index < -0.39 is 0 Å². The summed E-state index contributed by atoms with van der Waals surface area (Å²) >= 11 is 1.91. The Kier molecular flexibility index (Phi) is 4.99. The average Bonchev–Trinajstić information content (AvgIpc) is 2.74. The smallest absolute Gasteiger partial charge is 0.114 e. The molecule has 1 heterocycles. The van der Waals surface area contributed by atoms with Crippen LogP contribution in [0.2, 0.25) is 0 Å². The topological polar surface area (TPSA) is 25.2 Å².